The fraction of sp³-hybridized carbons (Fsp3) is 0.0270. The van der Waals surface area contributed by atoms with Crippen LogP contribution < -0.4 is 0 Å². The number of hydrogen-bond acceptors (Lipinski definition) is 1. The van der Waals surface area contributed by atoms with Crippen molar-refractivity contribution >= 4 is 63.8 Å². The summed E-state index contributed by atoms with van der Waals surface area (Å²) in [6, 6.07) is 44.3. The first-order valence-electron chi connectivity index (χ1n) is 13.5. The van der Waals surface area contributed by atoms with Crippen molar-refractivity contribution in [2.45, 2.75) is 6.92 Å². The largest absolute Gasteiger partial charge is 0.135 e. The molecule has 1 heterocycles. The maximum absolute atomic E-state index is 8.02. The average Bonchev–Trinajstić information content (AvgIpc) is 3.36. The lowest BCUT2D eigenvalue weighted by atomic mass is 9.84. The highest BCUT2D eigenvalue weighted by Crippen LogP contribution is 2.48. The van der Waals surface area contributed by atoms with Gasteiger partial charge in [-0.05, 0) is 79.2 Å². The molecule has 0 aliphatic rings. The minimum atomic E-state index is 0.542. The standard InChI is InChI=1S/C37H24S/c1-23-10-8-18-32-36-31(17-9-19-33(36)38-37(23)32)35-29-15-6-4-13-27(29)34(28-14-5-7-16-30(28)35)26-21-20-24-11-2-3-12-25(24)22-26/h2-22H,1H3/i2D. The zero-order valence-corrected chi connectivity index (χ0v) is 21.8. The highest BCUT2D eigenvalue weighted by atomic mass is 32.1. The van der Waals surface area contributed by atoms with E-state index < -0.39 is 0 Å². The Bertz CT molecular complexity index is 2200. The van der Waals surface area contributed by atoms with Gasteiger partial charge >= 0.3 is 0 Å². The third kappa shape index (κ3) is 3.09. The molecule has 0 spiro atoms. The number of rotatable bonds is 2. The Hall–Kier alpha value is -4.46. The van der Waals surface area contributed by atoms with E-state index in [2.05, 4.69) is 116 Å². The van der Waals surface area contributed by atoms with Crippen LogP contribution in [0.2, 0.25) is 0 Å². The second-order valence-corrected chi connectivity index (χ2v) is 11.1. The number of benzene rings is 7. The van der Waals surface area contributed by atoms with Gasteiger partial charge < -0.3 is 0 Å². The van der Waals surface area contributed by atoms with Gasteiger partial charge in [-0.3, -0.25) is 0 Å². The van der Waals surface area contributed by atoms with Crippen molar-refractivity contribution in [2.24, 2.45) is 0 Å². The summed E-state index contributed by atoms with van der Waals surface area (Å²) < 4.78 is 10.7. The third-order valence-corrected chi connectivity index (χ3v) is 9.20. The molecule has 1 aromatic heterocycles. The molecular formula is C37H24S. The van der Waals surface area contributed by atoms with Gasteiger partial charge in [0.25, 0.3) is 0 Å². The van der Waals surface area contributed by atoms with E-state index in [0.717, 1.165) is 10.8 Å². The maximum Gasteiger partial charge on any atom is 0.0623 e. The lowest BCUT2D eigenvalue weighted by Gasteiger charge is -2.18. The molecule has 178 valence electrons. The molecule has 0 nitrogen and oxygen atoms in total. The Labute approximate surface area is 226 Å². The predicted octanol–water partition coefficient (Wildman–Crippen LogP) is 11.2. The van der Waals surface area contributed by atoms with Gasteiger partial charge in [-0.1, -0.05) is 115 Å². The molecule has 0 amide bonds. The van der Waals surface area contributed by atoms with E-state index >= 15 is 0 Å². The van der Waals surface area contributed by atoms with Gasteiger partial charge in [0.05, 0.1) is 1.37 Å². The lowest BCUT2D eigenvalue weighted by molar-refractivity contribution is 1.56. The molecular weight excluding hydrogens is 476 g/mol. The van der Waals surface area contributed by atoms with Crippen LogP contribution in [-0.4, -0.2) is 0 Å². The zero-order valence-electron chi connectivity index (χ0n) is 22.0. The number of fused-ring (bicyclic) bond motifs is 6. The molecule has 8 rings (SSSR count). The van der Waals surface area contributed by atoms with E-state index in [1.807, 2.05) is 23.5 Å². The Morgan fingerprint density at radius 1 is 0.553 bits per heavy atom. The van der Waals surface area contributed by atoms with Gasteiger partial charge in [0.2, 0.25) is 0 Å². The highest BCUT2D eigenvalue weighted by Gasteiger charge is 2.19. The Balaban J connectivity index is 1.53. The summed E-state index contributed by atoms with van der Waals surface area (Å²) in [6.45, 7) is 2.21. The van der Waals surface area contributed by atoms with Crippen LogP contribution in [0, 0.1) is 6.92 Å². The molecule has 0 fully saturated rings. The summed E-state index contributed by atoms with van der Waals surface area (Å²) in [6.07, 6.45) is 0. The lowest BCUT2D eigenvalue weighted by Crippen LogP contribution is -1.91. The first-order chi connectivity index (χ1) is 19.2. The maximum atomic E-state index is 8.02. The van der Waals surface area contributed by atoms with E-state index in [-0.39, 0.29) is 0 Å². The van der Waals surface area contributed by atoms with Crippen molar-refractivity contribution in [3.63, 3.8) is 0 Å². The molecule has 8 aromatic rings. The van der Waals surface area contributed by atoms with Gasteiger partial charge in [-0.15, -0.1) is 11.3 Å². The van der Waals surface area contributed by atoms with Crippen LogP contribution in [0.5, 0.6) is 0 Å². The molecule has 0 saturated carbocycles. The molecule has 0 saturated heterocycles. The molecule has 0 radical (unpaired) electrons. The van der Waals surface area contributed by atoms with Crippen LogP contribution in [0.1, 0.15) is 6.93 Å². The second kappa shape index (κ2) is 8.28. The van der Waals surface area contributed by atoms with Crippen molar-refractivity contribution in [3.05, 3.63) is 133 Å². The zero-order chi connectivity index (χ0) is 26.1. The van der Waals surface area contributed by atoms with Crippen molar-refractivity contribution in [1.82, 2.24) is 0 Å². The SMILES string of the molecule is [2H]c1ccc2cc(-c3c4ccccc4c(-c4cccc5sc6c(C)cccc6c45)c4ccccc34)ccc2c1. The van der Waals surface area contributed by atoms with Crippen molar-refractivity contribution < 1.29 is 1.37 Å². The van der Waals surface area contributed by atoms with Gasteiger partial charge in [-0.2, -0.15) is 0 Å². The van der Waals surface area contributed by atoms with Crippen LogP contribution in [0.25, 0.3) is 74.7 Å². The van der Waals surface area contributed by atoms with E-state index in [1.165, 1.54) is 69.5 Å². The van der Waals surface area contributed by atoms with Gasteiger partial charge in [0.1, 0.15) is 0 Å². The Morgan fingerprint density at radius 3 is 2.00 bits per heavy atom. The topological polar surface area (TPSA) is 0 Å². The van der Waals surface area contributed by atoms with Crippen molar-refractivity contribution in [3.8, 4) is 22.3 Å². The van der Waals surface area contributed by atoms with Gasteiger partial charge in [-0.25, -0.2) is 0 Å². The number of hydrogen-bond donors (Lipinski definition) is 0. The third-order valence-electron chi connectivity index (χ3n) is 7.89. The summed E-state index contributed by atoms with van der Waals surface area (Å²) >= 11 is 1.90. The van der Waals surface area contributed by atoms with E-state index in [0.29, 0.717) is 6.04 Å². The van der Waals surface area contributed by atoms with Gasteiger partial charge in [0.15, 0.2) is 0 Å². The van der Waals surface area contributed by atoms with E-state index in [4.69, 9.17) is 1.37 Å². The Morgan fingerprint density at radius 2 is 1.24 bits per heavy atom. The number of aryl methyl sites for hydroxylation is 1. The van der Waals surface area contributed by atoms with E-state index in [1.54, 1.807) is 0 Å². The molecule has 0 unspecified atom stereocenters. The molecule has 0 N–H and O–H groups in total. The molecule has 0 aliphatic heterocycles. The minimum Gasteiger partial charge on any atom is -0.135 e. The summed E-state index contributed by atoms with van der Waals surface area (Å²) in [4.78, 5) is 0. The predicted molar refractivity (Wildman–Crippen MR) is 167 cm³/mol. The highest BCUT2D eigenvalue weighted by molar-refractivity contribution is 7.26. The Kier molecular flexibility index (Phi) is 4.48. The summed E-state index contributed by atoms with van der Waals surface area (Å²) in [5, 5.41) is 10.0. The molecule has 0 aliphatic carbocycles. The summed E-state index contributed by atoms with van der Waals surface area (Å²) in [5.74, 6) is 0. The average molecular weight is 502 g/mol. The smallest absolute Gasteiger partial charge is 0.0623 e. The monoisotopic (exact) mass is 501 g/mol. The number of thiophene rings is 1. The van der Waals surface area contributed by atoms with Crippen molar-refractivity contribution in [2.75, 3.05) is 0 Å². The molecule has 1 heteroatoms. The van der Waals surface area contributed by atoms with Crippen LogP contribution in [0.15, 0.2) is 127 Å². The van der Waals surface area contributed by atoms with Gasteiger partial charge in [0, 0.05) is 20.2 Å². The molecule has 0 bridgehead atoms. The molecule has 7 aromatic carbocycles. The minimum absolute atomic E-state index is 0.542. The second-order valence-electron chi connectivity index (χ2n) is 10.1. The fourth-order valence-corrected chi connectivity index (χ4v) is 7.41. The van der Waals surface area contributed by atoms with Crippen LogP contribution in [0.4, 0.5) is 0 Å². The van der Waals surface area contributed by atoms with Crippen LogP contribution in [-0.2, 0) is 0 Å². The molecule has 0 atom stereocenters. The van der Waals surface area contributed by atoms with Crippen molar-refractivity contribution in [1.29, 1.82) is 0 Å². The van der Waals surface area contributed by atoms with E-state index in [9.17, 15) is 0 Å². The first-order valence-corrected chi connectivity index (χ1v) is 13.8. The quantitative estimate of drug-likeness (QED) is 0.207. The normalized spacial score (nSPS) is 12.2. The van der Waals surface area contributed by atoms with Crippen LogP contribution >= 0.6 is 11.3 Å². The first kappa shape index (κ1) is 20.6. The van der Waals surface area contributed by atoms with Crippen LogP contribution in [0.3, 0.4) is 0 Å². The summed E-state index contributed by atoms with van der Waals surface area (Å²) in [7, 11) is 0. The molecule has 38 heavy (non-hydrogen) atoms. The fourth-order valence-electron chi connectivity index (χ4n) is 6.21. The summed E-state index contributed by atoms with van der Waals surface area (Å²) in [5.41, 5.74) is 6.40.